The number of carbonyl (C=O) groups excluding carboxylic acids is 1. The monoisotopic (exact) mass is 374 g/mol. The molecule has 0 radical (unpaired) electrons. The number of hydrogen-bond donors (Lipinski definition) is 2. The molecule has 1 amide bonds. The summed E-state index contributed by atoms with van der Waals surface area (Å²) in [7, 11) is -3.73. The average molecular weight is 375 g/mol. The predicted molar refractivity (Wildman–Crippen MR) is 103 cm³/mol. The summed E-state index contributed by atoms with van der Waals surface area (Å²) < 4.78 is 28.1. The van der Waals surface area contributed by atoms with Gasteiger partial charge in [-0.1, -0.05) is 61.9 Å². The normalized spacial score (nSPS) is 12.8. The molecule has 6 heteroatoms. The molecule has 0 unspecified atom stereocenters. The Morgan fingerprint density at radius 2 is 1.62 bits per heavy atom. The highest BCUT2D eigenvalue weighted by Crippen LogP contribution is 2.20. The van der Waals surface area contributed by atoms with Crippen molar-refractivity contribution in [1.82, 2.24) is 10.0 Å². The summed E-state index contributed by atoms with van der Waals surface area (Å²) in [5.74, 6) is 0.150. The van der Waals surface area contributed by atoms with Crippen LogP contribution in [0.1, 0.15) is 37.4 Å². The van der Waals surface area contributed by atoms with Gasteiger partial charge in [0.15, 0.2) is 0 Å². The van der Waals surface area contributed by atoms with Crippen LogP contribution in [-0.4, -0.2) is 20.9 Å². The number of aryl methyl sites for hydroxylation is 1. The summed E-state index contributed by atoms with van der Waals surface area (Å²) in [5, 5.41) is 2.84. The van der Waals surface area contributed by atoms with E-state index in [4.69, 9.17) is 0 Å². The van der Waals surface area contributed by atoms with E-state index < -0.39 is 16.1 Å². The van der Waals surface area contributed by atoms with Gasteiger partial charge in [-0.25, -0.2) is 13.1 Å². The van der Waals surface area contributed by atoms with Crippen molar-refractivity contribution in [3.8, 4) is 0 Å². The largest absolute Gasteiger partial charge is 0.356 e. The van der Waals surface area contributed by atoms with Crippen LogP contribution in [0, 0.1) is 12.8 Å². The Labute approximate surface area is 155 Å². The van der Waals surface area contributed by atoms with E-state index in [1.165, 1.54) is 0 Å². The van der Waals surface area contributed by atoms with E-state index >= 15 is 0 Å². The lowest BCUT2D eigenvalue weighted by Gasteiger charge is -2.19. The lowest BCUT2D eigenvalue weighted by Crippen LogP contribution is -2.35. The third-order valence-corrected chi connectivity index (χ3v) is 5.42. The number of amides is 1. The van der Waals surface area contributed by atoms with E-state index in [0.29, 0.717) is 12.5 Å². The fourth-order valence-electron chi connectivity index (χ4n) is 2.46. The zero-order valence-electron chi connectivity index (χ0n) is 15.4. The topological polar surface area (TPSA) is 75.3 Å². The molecule has 26 heavy (non-hydrogen) atoms. The second-order valence-corrected chi connectivity index (χ2v) is 8.51. The van der Waals surface area contributed by atoms with E-state index in [0.717, 1.165) is 11.1 Å². The summed E-state index contributed by atoms with van der Waals surface area (Å²) >= 11 is 0. The van der Waals surface area contributed by atoms with Crippen molar-refractivity contribution in [2.24, 2.45) is 5.92 Å². The summed E-state index contributed by atoms with van der Waals surface area (Å²) in [6, 6.07) is 15.2. The van der Waals surface area contributed by atoms with Crippen molar-refractivity contribution in [3.05, 3.63) is 65.7 Å². The van der Waals surface area contributed by atoms with Gasteiger partial charge in [-0.3, -0.25) is 4.79 Å². The van der Waals surface area contributed by atoms with Gasteiger partial charge in [0, 0.05) is 13.0 Å². The Balaban J connectivity index is 2.21. The van der Waals surface area contributed by atoms with E-state index in [1.54, 1.807) is 24.3 Å². The fraction of sp³-hybridized carbons (Fsp3) is 0.350. The third kappa shape index (κ3) is 5.97. The molecule has 0 aliphatic carbocycles. The van der Waals surface area contributed by atoms with Gasteiger partial charge >= 0.3 is 0 Å². The second kappa shape index (κ2) is 8.96. The molecule has 0 aromatic heterocycles. The van der Waals surface area contributed by atoms with Gasteiger partial charge in [0.1, 0.15) is 0 Å². The first kappa shape index (κ1) is 20.1. The van der Waals surface area contributed by atoms with Crippen LogP contribution in [0.3, 0.4) is 0 Å². The maximum atomic E-state index is 12.7. The first-order valence-electron chi connectivity index (χ1n) is 8.68. The molecule has 0 bridgehead atoms. The van der Waals surface area contributed by atoms with Crippen LogP contribution in [0.5, 0.6) is 0 Å². The van der Waals surface area contributed by atoms with Crippen LogP contribution >= 0.6 is 0 Å². The highest BCUT2D eigenvalue weighted by Gasteiger charge is 2.23. The lowest BCUT2D eigenvalue weighted by molar-refractivity contribution is -0.121. The highest BCUT2D eigenvalue weighted by molar-refractivity contribution is 7.89. The first-order chi connectivity index (χ1) is 12.3. The molecule has 0 spiro atoms. The van der Waals surface area contributed by atoms with E-state index in [-0.39, 0.29) is 17.2 Å². The number of nitrogens with one attached hydrogen (secondary N) is 2. The van der Waals surface area contributed by atoms with Crippen LogP contribution in [-0.2, 0) is 14.8 Å². The number of rotatable bonds is 8. The smallest absolute Gasteiger partial charge is 0.241 e. The maximum absolute atomic E-state index is 12.7. The van der Waals surface area contributed by atoms with Gasteiger partial charge in [0.05, 0.1) is 10.9 Å². The molecular weight excluding hydrogens is 348 g/mol. The van der Waals surface area contributed by atoms with Crippen molar-refractivity contribution in [2.75, 3.05) is 6.54 Å². The Morgan fingerprint density at radius 1 is 1.00 bits per heavy atom. The Hall–Kier alpha value is -2.18. The molecule has 0 saturated carbocycles. The number of sulfonamides is 1. The first-order valence-corrected chi connectivity index (χ1v) is 10.2. The molecule has 0 fully saturated rings. The minimum absolute atomic E-state index is 0.0435. The quantitative estimate of drug-likeness (QED) is 0.745. The molecule has 2 aromatic rings. The molecule has 140 valence electrons. The molecule has 0 aliphatic rings. The molecule has 1 atom stereocenters. The van der Waals surface area contributed by atoms with Crippen molar-refractivity contribution in [1.29, 1.82) is 0 Å². The summed E-state index contributed by atoms with van der Waals surface area (Å²) in [4.78, 5) is 12.4. The third-order valence-electron chi connectivity index (χ3n) is 3.93. The number of benzene rings is 2. The van der Waals surface area contributed by atoms with Crippen LogP contribution in [0.2, 0.25) is 0 Å². The van der Waals surface area contributed by atoms with Crippen molar-refractivity contribution < 1.29 is 13.2 Å². The SMILES string of the molecule is Cc1ccc(S(=O)(=O)N[C@@H](CC(=O)NCC(C)C)c2ccccc2)cc1. The number of hydrogen-bond acceptors (Lipinski definition) is 3. The predicted octanol–water partition coefficient (Wildman–Crippen LogP) is 3.18. The Bertz CT molecular complexity index is 816. The number of carbonyl (C=O) groups is 1. The molecule has 0 aliphatic heterocycles. The molecule has 2 aromatic carbocycles. The zero-order chi connectivity index (χ0) is 19.2. The molecule has 0 heterocycles. The second-order valence-electron chi connectivity index (χ2n) is 6.80. The molecule has 2 N–H and O–H groups in total. The van der Waals surface area contributed by atoms with Gasteiger partial charge in [-0.2, -0.15) is 0 Å². The lowest BCUT2D eigenvalue weighted by atomic mass is 10.0. The van der Waals surface area contributed by atoms with Crippen molar-refractivity contribution in [2.45, 2.75) is 38.1 Å². The maximum Gasteiger partial charge on any atom is 0.241 e. The van der Waals surface area contributed by atoms with E-state index in [2.05, 4.69) is 10.0 Å². The summed E-state index contributed by atoms with van der Waals surface area (Å²) in [6.45, 7) is 6.48. The van der Waals surface area contributed by atoms with E-state index in [1.807, 2.05) is 51.1 Å². The highest BCUT2D eigenvalue weighted by atomic mass is 32.2. The van der Waals surface area contributed by atoms with Crippen molar-refractivity contribution in [3.63, 3.8) is 0 Å². The Morgan fingerprint density at radius 3 is 2.19 bits per heavy atom. The van der Waals surface area contributed by atoms with E-state index in [9.17, 15) is 13.2 Å². The minimum atomic E-state index is -3.73. The van der Waals surface area contributed by atoms with Gasteiger partial charge in [-0.05, 0) is 30.5 Å². The molecule has 2 rings (SSSR count). The molecule has 5 nitrogen and oxygen atoms in total. The van der Waals surface area contributed by atoms with Crippen molar-refractivity contribution >= 4 is 15.9 Å². The average Bonchev–Trinajstić information content (AvgIpc) is 2.60. The minimum Gasteiger partial charge on any atom is -0.356 e. The molecular formula is C20H26N2O3S. The zero-order valence-corrected chi connectivity index (χ0v) is 16.2. The molecule has 0 saturated heterocycles. The summed E-state index contributed by atoms with van der Waals surface area (Å²) in [6.07, 6.45) is 0.0435. The van der Waals surface area contributed by atoms with Crippen LogP contribution in [0.25, 0.3) is 0 Å². The van der Waals surface area contributed by atoms with Gasteiger partial charge in [0.25, 0.3) is 0 Å². The standard InChI is InChI=1S/C20H26N2O3S/c1-15(2)14-21-20(23)13-19(17-7-5-4-6-8-17)22-26(24,25)18-11-9-16(3)10-12-18/h4-12,15,19,22H,13-14H2,1-3H3,(H,21,23)/t19-/m0/s1. The van der Waals surface area contributed by atoms with Crippen LogP contribution < -0.4 is 10.0 Å². The summed E-state index contributed by atoms with van der Waals surface area (Å²) in [5.41, 5.74) is 1.74. The van der Waals surface area contributed by atoms with Gasteiger partial charge < -0.3 is 5.32 Å². The van der Waals surface area contributed by atoms with Crippen LogP contribution in [0.15, 0.2) is 59.5 Å². The van der Waals surface area contributed by atoms with Gasteiger partial charge in [0.2, 0.25) is 15.9 Å². The van der Waals surface area contributed by atoms with Gasteiger partial charge in [-0.15, -0.1) is 0 Å². The fourth-order valence-corrected chi connectivity index (χ4v) is 3.69. The van der Waals surface area contributed by atoms with Crippen LogP contribution in [0.4, 0.5) is 0 Å². The Kier molecular flexibility index (Phi) is 6.94.